The van der Waals surface area contributed by atoms with Gasteiger partial charge in [0.1, 0.15) is 12.2 Å². The molecule has 1 aliphatic rings. The Kier molecular flexibility index (Phi) is 6.39. The van der Waals surface area contributed by atoms with Crippen molar-refractivity contribution in [1.82, 2.24) is 10.2 Å². The SMILES string of the molecule is CC(C)(C)OC(=O)[C@H](CNC(=O)OCc1ccccc1)N1C(=O)c2ccccc2C1=O. The largest absolute Gasteiger partial charge is 0.458 e. The third-order valence-corrected chi connectivity index (χ3v) is 4.47. The average Bonchev–Trinajstić information content (AvgIpc) is 2.97. The summed E-state index contributed by atoms with van der Waals surface area (Å²) in [4.78, 5) is 51.5. The first-order valence-electron chi connectivity index (χ1n) is 9.82. The van der Waals surface area contributed by atoms with Gasteiger partial charge in [-0.25, -0.2) is 9.59 Å². The van der Waals surface area contributed by atoms with Crippen LogP contribution in [0.5, 0.6) is 0 Å². The minimum atomic E-state index is -1.34. The van der Waals surface area contributed by atoms with Crippen molar-refractivity contribution in [3.05, 3.63) is 71.3 Å². The lowest BCUT2D eigenvalue weighted by atomic mass is 10.1. The smallest absolute Gasteiger partial charge is 0.407 e. The van der Waals surface area contributed by atoms with E-state index in [4.69, 9.17) is 9.47 Å². The highest BCUT2D eigenvalue weighted by Crippen LogP contribution is 2.25. The fourth-order valence-corrected chi connectivity index (χ4v) is 3.09. The number of esters is 1. The maximum atomic E-state index is 12.8. The summed E-state index contributed by atoms with van der Waals surface area (Å²) in [6.45, 7) is 4.72. The van der Waals surface area contributed by atoms with Gasteiger partial charge in [-0.3, -0.25) is 14.5 Å². The summed E-state index contributed by atoms with van der Waals surface area (Å²) >= 11 is 0. The molecule has 3 rings (SSSR count). The summed E-state index contributed by atoms with van der Waals surface area (Å²) in [7, 11) is 0. The van der Waals surface area contributed by atoms with Crippen LogP contribution >= 0.6 is 0 Å². The highest BCUT2D eigenvalue weighted by atomic mass is 16.6. The fourth-order valence-electron chi connectivity index (χ4n) is 3.09. The monoisotopic (exact) mass is 424 g/mol. The van der Waals surface area contributed by atoms with Gasteiger partial charge in [-0.2, -0.15) is 0 Å². The number of fused-ring (bicyclic) bond motifs is 1. The van der Waals surface area contributed by atoms with Gasteiger partial charge in [0.15, 0.2) is 6.04 Å². The van der Waals surface area contributed by atoms with Gasteiger partial charge in [0.2, 0.25) is 0 Å². The van der Waals surface area contributed by atoms with Crippen LogP contribution in [0.3, 0.4) is 0 Å². The zero-order valence-corrected chi connectivity index (χ0v) is 17.6. The first-order valence-corrected chi connectivity index (χ1v) is 9.82. The molecule has 3 amide bonds. The van der Waals surface area contributed by atoms with Crippen molar-refractivity contribution < 1.29 is 28.7 Å². The minimum absolute atomic E-state index is 0.0385. The van der Waals surface area contributed by atoms with Gasteiger partial charge in [0.25, 0.3) is 11.8 Å². The molecule has 0 aromatic heterocycles. The molecule has 8 heteroatoms. The number of carbonyl (C=O) groups excluding carboxylic acids is 4. The normalized spacial score (nSPS) is 14.1. The first kappa shape index (κ1) is 22.0. The molecule has 162 valence electrons. The van der Waals surface area contributed by atoms with Crippen LogP contribution in [-0.4, -0.2) is 47.0 Å². The molecule has 2 aromatic rings. The fraction of sp³-hybridized carbons (Fsp3) is 0.304. The van der Waals surface area contributed by atoms with E-state index in [1.165, 1.54) is 12.1 Å². The Morgan fingerprint density at radius 2 is 1.48 bits per heavy atom. The minimum Gasteiger partial charge on any atom is -0.458 e. The number of ether oxygens (including phenoxy) is 2. The van der Waals surface area contributed by atoms with Crippen molar-refractivity contribution >= 4 is 23.9 Å². The predicted octanol–water partition coefficient (Wildman–Crippen LogP) is 2.92. The summed E-state index contributed by atoms with van der Waals surface area (Å²) in [6.07, 6.45) is -0.783. The van der Waals surface area contributed by atoms with Gasteiger partial charge < -0.3 is 14.8 Å². The van der Waals surface area contributed by atoms with E-state index >= 15 is 0 Å². The quantitative estimate of drug-likeness (QED) is 0.565. The van der Waals surface area contributed by atoms with Crippen LogP contribution in [0.15, 0.2) is 54.6 Å². The summed E-state index contributed by atoms with van der Waals surface area (Å²) in [5, 5.41) is 2.46. The molecule has 0 unspecified atom stereocenters. The third kappa shape index (κ3) is 5.28. The van der Waals surface area contributed by atoms with E-state index in [-0.39, 0.29) is 24.3 Å². The van der Waals surface area contributed by atoms with E-state index in [1.807, 2.05) is 18.2 Å². The number of carbonyl (C=O) groups is 4. The van der Waals surface area contributed by atoms with Crippen molar-refractivity contribution in [3.63, 3.8) is 0 Å². The standard InChI is InChI=1S/C23H24N2O6/c1-23(2,3)31-21(28)18(13-24-22(29)30-14-15-9-5-4-6-10-15)25-19(26)16-11-7-8-12-17(16)20(25)27/h4-12,18H,13-14H2,1-3H3,(H,24,29)/t18-/m0/s1. The van der Waals surface area contributed by atoms with Gasteiger partial charge in [0.05, 0.1) is 17.7 Å². The van der Waals surface area contributed by atoms with Crippen LogP contribution in [0, 0.1) is 0 Å². The van der Waals surface area contributed by atoms with Crippen LogP contribution in [0.25, 0.3) is 0 Å². The molecule has 1 aliphatic heterocycles. The molecule has 31 heavy (non-hydrogen) atoms. The number of amides is 3. The Balaban J connectivity index is 1.73. The van der Waals surface area contributed by atoms with Gasteiger partial charge >= 0.3 is 12.1 Å². The van der Waals surface area contributed by atoms with Gasteiger partial charge in [-0.05, 0) is 38.5 Å². The lowest BCUT2D eigenvalue weighted by Gasteiger charge is -2.28. The summed E-state index contributed by atoms with van der Waals surface area (Å²) in [6, 6.07) is 14.0. The zero-order valence-electron chi connectivity index (χ0n) is 17.6. The van der Waals surface area contributed by atoms with Crippen molar-refractivity contribution in [2.24, 2.45) is 0 Å². The number of nitrogens with zero attached hydrogens (tertiary/aromatic N) is 1. The van der Waals surface area contributed by atoms with Crippen LogP contribution < -0.4 is 5.32 Å². The van der Waals surface area contributed by atoms with E-state index < -0.39 is 35.5 Å². The lowest BCUT2D eigenvalue weighted by molar-refractivity contribution is -0.159. The molecule has 0 aliphatic carbocycles. The molecule has 0 saturated carbocycles. The number of imide groups is 1. The molecule has 1 N–H and O–H groups in total. The molecular weight excluding hydrogens is 400 g/mol. The van der Waals surface area contributed by atoms with E-state index in [9.17, 15) is 19.2 Å². The second-order valence-corrected chi connectivity index (χ2v) is 8.02. The Morgan fingerprint density at radius 3 is 2.03 bits per heavy atom. The van der Waals surface area contributed by atoms with Crippen molar-refractivity contribution in [2.75, 3.05) is 6.54 Å². The average molecular weight is 424 g/mol. The zero-order chi connectivity index (χ0) is 22.6. The van der Waals surface area contributed by atoms with Gasteiger partial charge in [-0.15, -0.1) is 0 Å². The second-order valence-electron chi connectivity index (χ2n) is 8.02. The summed E-state index contributed by atoms with van der Waals surface area (Å²) < 4.78 is 10.5. The Morgan fingerprint density at radius 1 is 0.935 bits per heavy atom. The van der Waals surface area contributed by atoms with Gasteiger partial charge in [0, 0.05) is 0 Å². The molecule has 8 nitrogen and oxygen atoms in total. The topological polar surface area (TPSA) is 102 Å². The number of nitrogens with one attached hydrogen (secondary N) is 1. The van der Waals surface area contributed by atoms with E-state index in [2.05, 4.69) is 5.32 Å². The third-order valence-electron chi connectivity index (χ3n) is 4.47. The van der Waals surface area contributed by atoms with Crippen molar-refractivity contribution in [3.8, 4) is 0 Å². The maximum absolute atomic E-state index is 12.8. The summed E-state index contributed by atoms with van der Waals surface area (Å²) in [5.41, 5.74) is 0.351. The molecule has 1 heterocycles. The number of hydrogen-bond acceptors (Lipinski definition) is 6. The van der Waals surface area contributed by atoms with E-state index in [0.29, 0.717) is 0 Å². The number of benzene rings is 2. The second kappa shape index (κ2) is 8.99. The first-order chi connectivity index (χ1) is 14.7. The molecule has 0 radical (unpaired) electrons. The molecular formula is C23H24N2O6. The van der Waals surface area contributed by atoms with Crippen molar-refractivity contribution in [1.29, 1.82) is 0 Å². The van der Waals surface area contributed by atoms with Crippen LogP contribution in [0.4, 0.5) is 4.79 Å². The molecule has 1 atom stereocenters. The highest BCUT2D eigenvalue weighted by Gasteiger charge is 2.44. The Hall–Kier alpha value is -3.68. The number of hydrogen-bond donors (Lipinski definition) is 1. The Bertz CT molecular complexity index is 962. The van der Waals surface area contributed by atoms with Crippen molar-refractivity contribution in [2.45, 2.75) is 39.0 Å². The highest BCUT2D eigenvalue weighted by molar-refractivity contribution is 6.22. The van der Waals surface area contributed by atoms with Crippen LogP contribution in [0.1, 0.15) is 47.1 Å². The predicted molar refractivity (Wildman–Crippen MR) is 111 cm³/mol. The van der Waals surface area contributed by atoms with Gasteiger partial charge in [-0.1, -0.05) is 42.5 Å². The Labute approximate surface area is 180 Å². The number of rotatable bonds is 6. The molecule has 0 spiro atoms. The molecule has 2 aromatic carbocycles. The molecule has 0 fully saturated rings. The van der Waals surface area contributed by atoms with Crippen LogP contribution in [-0.2, 0) is 20.9 Å². The van der Waals surface area contributed by atoms with E-state index in [1.54, 1.807) is 45.0 Å². The summed E-state index contributed by atoms with van der Waals surface area (Å²) in [5.74, 6) is -2.03. The number of alkyl carbamates (subject to hydrolysis) is 1. The molecule has 0 saturated heterocycles. The molecule has 0 bridgehead atoms. The maximum Gasteiger partial charge on any atom is 0.407 e. The van der Waals surface area contributed by atoms with E-state index in [0.717, 1.165) is 10.5 Å². The lowest BCUT2D eigenvalue weighted by Crippen LogP contribution is -2.53. The van der Waals surface area contributed by atoms with Crippen LogP contribution in [0.2, 0.25) is 0 Å².